The van der Waals surface area contributed by atoms with Crippen molar-refractivity contribution in [1.82, 2.24) is 4.31 Å². The number of sulfonamides is 1. The van der Waals surface area contributed by atoms with Gasteiger partial charge in [0.2, 0.25) is 15.9 Å². The van der Waals surface area contributed by atoms with Crippen LogP contribution in [-0.2, 0) is 14.8 Å². The zero-order valence-corrected chi connectivity index (χ0v) is 19.0. The minimum absolute atomic E-state index is 0.126. The predicted octanol–water partition coefficient (Wildman–Crippen LogP) is 3.35. The van der Waals surface area contributed by atoms with Crippen molar-refractivity contribution in [3.05, 3.63) is 47.0 Å². The number of ether oxygens (including phenoxy) is 2. The summed E-state index contributed by atoms with van der Waals surface area (Å²) in [7, 11) is -3.69. The Bertz CT molecular complexity index is 1140. The summed E-state index contributed by atoms with van der Waals surface area (Å²) in [6.45, 7) is 2.74. The topological polar surface area (TPSA) is 102 Å². The van der Waals surface area contributed by atoms with E-state index in [9.17, 15) is 18.0 Å². The van der Waals surface area contributed by atoms with E-state index in [0.717, 1.165) is 0 Å². The van der Waals surface area contributed by atoms with Gasteiger partial charge in [-0.1, -0.05) is 23.7 Å². The first-order chi connectivity index (χ1) is 15.3. The molecule has 0 radical (unpaired) electrons. The Hall–Kier alpha value is -2.62. The van der Waals surface area contributed by atoms with Gasteiger partial charge in [0, 0.05) is 36.7 Å². The molecule has 10 heteroatoms. The molecule has 2 heterocycles. The van der Waals surface area contributed by atoms with Gasteiger partial charge < -0.3 is 14.8 Å². The summed E-state index contributed by atoms with van der Waals surface area (Å²) in [5, 5.41) is 3.17. The smallest absolute Gasteiger partial charge is 0.243 e. The summed E-state index contributed by atoms with van der Waals surface area (Å²) in [5.74, 6) is 0.373. The number of amides is 1. The Labute approximate surface area is 191 Å². The molecule has 0 spiro atoms. The number of carbonyl (C=O) groups excluding carboxylic acids is 2. The third-order valence-electron chi connectivity index (χ3n) is 5.61. The summed E-state index contributed by atoms with van der Waals surface area (Å²) in [5.41, 5.74) is 0.888. The number of rotatable bonds is 5. The highest BCUT2D eigenvalue weighted by atomic mass is 35.5. The quantitative estimate of drug-likeness (QED) is 0.661. The zero-order chi connectivity index (χ0) is 22.9. The molecular formula is C22H23ClN2O6S. The molecule has 4 rings (SSSR count). The monoisotopic (exact) mass is 478 g/mol. The molecule has 1 saturated heterocycles. The molecule has 2 aliphatic heterocycles. The van der Waals surface area contributed by atoms with E-state index in [1.807, 2.05) is 0 Å². The molecule has 0 aliphatic carbocycles. The molecule has 2 aromatic carbocycles. The van der Waals surface area contributed by atoms with Gasteiger partial charge in [-0.2, -0.15) is 4.31 Å². The number of ketones is 1. The average Bonchev–Trinajstić information content (AvgIpc) is 2.79. The van der Waals surface area contributed by atoms with Gasteiger partial charge in [-0.25, -0.2) is 8.42 Å². The molecule has 32 heavy (non-hydrogen) atoms. The number of hydrogen-bond donors (Lipinski definition) is 1. The van der Waals surface area contributed by atoms with Crippen molar-refractivity contribution in [2.75, 3.05) is 31.6 Å². The Morgan fingerprint density at radius 2 is 1.62 bits per heavy atom. The van der Waals surface area contributed by atoms with E-state index >= 15 is 0 Å². The molecule has 8 nitrogen and oxygen atoms in total. The SMILES string of the molecule is CC(=O)c1ccc(S(=O)(=O)N2CCC(C(=O)Nc3cc4c(cc3Cl)OCCO4)CC2)cc1. The summed E-state index contributed by atoms with van der Waals surface area (Å²) < 4.78 is 38.2. The number of nitrogens with zero attached hydrogens (tertiary/aromatic N) is 1. The Kier molecular flexibility index (Phi) is 6.41. The normalized spacial score (nSPS) is 17.1. The van der Waals surface area contributed by atoms with E-state index in [1.54, 1.807) is 12.1 Å². The standard InChI is InChI=1S/C22H23ClN2O6S/c1-14(26)15-2-4-17(5-3-15)32(28,29)25-8-6-16(7-9-25)22(27)24-19-13-21-20(12-18(19)23)30-10-11-31-21/h2-5,12-13,16H,6-11H2,1H3,(H,24,27). The van der Waals surface area contributed by atoms with Crippen LogP contribution in [0, 0.1) is 5.92 Å². The van der Waals surface area contributed by atoms with Gasteiger partial charge in [0.15, 0.2) is 17.3 Å². The molecule has 0 saturated carbocycles. The maximum atomic E-state index is 12.9. The van der Waals surface area contributed by atoms with Gasteiger partial charge in [0.05, 0.1) is 15.6 Å². The summed E-state index contributed by atoms with van der Waals surface area (Å²) >= 11 is 6.27. The molecule has 2 aromatic rings. The van der Waals surface area contributed by atoms with Crippen LogP contribution in [0.4, 0.5) is 5.69 Å². The largest absolute Gasteiger partial charge is 0.486 e. The molecule has 0 atom stereocenters. The molecule has 0 aromatic heterocycles. The van der Waals surface area contributed by atoms with Crippen LogP contribution in [0.2, 0.25) is 5.02 Å². The molecule has 170 valence electrons. The highest BCUT2D eigenvalue weighted by molar-refractivity contribution is 7.89. The van der Waals surface area contributed by atoms with E-state index in [2.05, 4.69) is 5.32 Å². The van der Waals surface area contributed by atoms with Crippen molar-refractivity contribution in [1.29, 1.82) is 0 Å². The van der Waals surface area contributed by atoms with Crippen LogP contribution < -0.4 is 14.8 Å². The molecule has 1 N–H and O–H groups in total. The number of nitrogens with one attached hydrogen (secondary N) is 1. The molecule has 0 bridgehead atoms. The van der Waals surface area contributed by atoms with Crippen LogP contribution in [0.5, 0.6) is 11.5 Å². The van der Waals surface area contributed by atoms with Gasteiger partial charge in [0.1, 0.15) is 13.2 Å². The van der Waals surface area contributed by atoms with Crippen molar-refractivity contribution in [3.8, 4) is 11.5 Å². The second-order valence-corrected chi connectivity index (χ2v) is 10.1. The first-order valence-corrected chi connectivity index (χ1v) is 12.1. The molecule has 2 aliphatic rings. The van der Waals surface area contributed by atoms with Crippen LogP contribution in [-0.4, -0.2) is 50.7 Å². The van der Waals surface area contributed by atoms with E-state index < -0.39 is 10.0 Å². The fourth-order valence-corrected chi connectivity index (χ4v) is 5.43. The summed E-state index contributed by atoms with van der Waals surface area (Å²) in [6.07, 6.45) is 0.775. The Morgan fingerprint density at radius 3 is 2.22 bits per heavy atom. The second-order valence-electron chi connectivity index (χ2n) is 7.72. The fraction of sp³-hybridized carbons (Fsp3) is 0.364. The van der Waals surface area contributed by atoms with E-state index in [4.69, 9.17) is 21.1 Å². The van der Waals surface area contributed by atoms with Gasteiger partial charge in [-0.3, -0.25) is 9.59 Å². The number of halogens is 1. The van der Waals surface area contributed by atoms with E-state index in [1.165, 1.54) is 35.5 Å². The number of fused-ring (bicyclic) bond motifs is 1. The van der Waals surface area contributed by atoms with Gasteiger partial charge in [0.25, 0.3) is 0 Å². The minimum atomic E-state index is -3.69. The van der Waals surface area contributed by atoms with Crippen molar-refractivity contribution in [2.24, 2.45) is 5.92 Å². The molecule has 1 amide bonds. The Balaban J connectivity index is 1.39. The number of piperidine rings is 1. The van der Waals surface area contributed by atoms with E-state index in [0.29, 0.717) is 53.8 Å². The number of carbonyl (C=O) groups is 2. The molecular weight excluding hydrogens is 456 g/mol. The lowest BCUT2D eigenvalue weighted by Gasteiger charge is -2.30. The molecule has 1 fully saturated rings. The lowest BCUT2D eigenvalue weighted by Crippen LogP contribution is -2.41. The van der Waals surface area contributed by atoms with Crippen LogP contribution in [0.25, 0.3) is 0 Å². The van der Waals surface area contributed by atoms with Crippen LogP contribution in [0.1, 0.15) is 30.1 Å². The van der Waals surface area contributed by atoms with Crippen LogP contribution in [0.15, 0.2) is 41.3 Å². The first kappa shape index (κ1) is 22.6. The maximum absolute atomic E-state index is 12.9. The summed E-state index contributed by atoms with van der Waals surface area (Å²) in [6, 6.07) is 9.14. The van der Waals surface area contributed by atoms with Gasteiger partial charge in [-0.05, 0) is 31.9 Å². The van der Waals surface area contributed by atoms with Crippen molar-refractivity contribution in [2.45, 2.75) is 24.7 Å². The third kappa shape index (κ3) is 4.60. The fourth-order valence-electron chi connectivity index (χ4n) is 3.76. The first-order valence-electron chi connectivity index (χ1n) is 10.3. The van der Waals surface area contributed by atoms with Crippen molar-refractivity contribution < 1.29 is 27.5 Å². The number of anilines is 1. The average molecular weight is 479 g/mol. The predicted molar refractivity (Wildman–Crippen MR) is 119 cm³/mol. The lowest BCUT2D eigenvalue weighted by molar-refractivity contribution is -0.120. The maximum Gasteiger partial charge on any atom is 0.243 e. The Morgan fingerprint density at radius 1 is 1.03 bits per heavy atom. The third-order valence-corrected chi connectivity index (χ3v) is 7.84. The minimum Gasteiger partial charge on any atom is -0.486 e. The number of hydrogen-bond acceptors (Lipinski definition) is 6. The number of benzene rings is 2. The van der Waals surface area contributed by atoms with Gasteiger partial charge in [-0.15, -0.1) is 0 Å². The highest BCUT2D eigenvalue weighted by Gasteiger charge is 2.32. The zero-order valence-electron chi connectivity index (χ0n) is 17.5. The van der Waals surface area contributed by atoms with Crippen LogP contribution >= 0.6 is 11.6 Å². The van der Waals surface area contributed by atoms with Crippen molar-refractivity contribution >= 4 is 39.0 Å². The van der Waals surface area contributed by atoms with E-state index in [-0.39, 0.29) is 35.6 Å². The number of Topliss-reactive ketones (excluding diaryl/α,β-unsaturated/α-hetero) is 1. The molecule has 0 unspecified atom stereocenters. The highest BCUT2D eigenvalue weighted by Crippen LogP contribution is 2.38. The van der Waals surface area contributed by atoms with Crippen LogP contribution in [0.3, 0.4) is 0 Å². The second kappa shape index (κ2) is 9.09. The lowest BCUT2D eigenvalue weighted by atomic mass is 9.97. The van der Waals surface area contributed by atoms with Crippen molar-refractivity contribution in [3.63, 3.8) is 0 Å². The summed E-state index contributed by atoms with van der Waals surface area (Å²) in [4.78, 5) is 24.3. The van der Waals surface area contributed by atoms with Gasteiger partial charge >= 0.3 is 0 Å².